The third-order valence-electron chi connectivity index (χ3n) is 3.30. The lowest BCUT2D eigenvalue weighted by Crippen LogP contribution is -2.12. The number of imidazole rings is 1. The SMILES string of the molecule is CCCc1nc2ccccc2n1CC(=O)c1ccco1. The van der Waals surface area contributed by atoms with E-state index in [0.717, 1.165) is 29.7 Å². The minimum Gasteiger partial charge on any atom is -0.461 e. The van der Waals surface area contributed by atoms with Crippen molar-refractivity contribution >= 4 is 16.8 Å². The standard InChI is InChI=1S/C16H16N2O2/c1-2-6-16-17-12-7-3-4-8-13(12)18(16)11-14(19)15-9-5-10-20-15/h3-5,7-10H,2,6,11H2,1H3. The van der Waals surface area contributed by atoms with E-state index in [1.54, 1.807) is 12.1 Å². The Morgan fingerprint density at radius 3 is 2.85 bits per heavy atom. The van der Waals surface area contributed by atoms with E-state index >= 15 is 0 Å². The number of aromatic nitrogens is 2. The van der Waals surface area contributed by atoms with Crippen molar-refractivity contribution in [2.45, 2.75) is 26.3 Å². The van der Waals surface area contributed by atoms with Crippen molar-refractivity contribution in [1.29, 1.82) is 0 Å². The molecule has 3 rings (SSSR count). The predicted octanol–water partition coefficient (Wildman–Crippen LogP) is 3.46. The predicted molar refractivity (Wildman–Crippen MR) is 76.8 cm³/mol. The van der Waals surface area contributed by atoms with Crippen LogP contribution in [0.1, 0.15) is 29.7 Å². The summed E-state index contributed by atoms with van der Waals surface area (Å²) in [5, 5.41) is 0. The van der Waals surface area contributed by atoms with Crippen LogP contribution in [0.4, 0.5) is 0 Å². The van der Waals surface area contributed by atoms with E-state index in [4.69, 9.17) is 4.42 Å². The van der Waals surface area contributed by atoms with Gasteiger partial charge in [-0.3, -0.25) is 4.79 Å². The molecule has 0 aliphatic rings. The Bertz CT molecular complexity index is 726. The van der Waals surface area contributed by atoms with Gasteiger partial charge in [0.15, 0.2) is 5.76 Å². The fourth-order valence-corrected chi connectivity index (χ4v) is 2.38. The first-order chi connectivity index (χ1) is 9.79. The van der Waals surface area contributed by atoms with Crippen molar-refractivity contribution in [2.24, 2.45) is 0 Å². The third-order valence-corrected chi connectivity index (χ3v) is 3.30. The second-order valence-corrected chi connectivity index (χ2v) is 4.75. The molecule has 0 N–H and O–H groups in total. The zero-order valence-corrected chi connectivity index (χ0v) is 11.4. The maximum absolute atomic E-state index is 12.2. The number of aryl methyl sites for hydroxylation is 1. The first-order valence-electron chi connectivity index (χ1n) is 6.80. The van der Waals surface area contributed by atoms with E-state index in [2.05, 4.69) is 11.9 Å². The highest BCUT2D eigenvalue weighted by atomic mass is 16.3. The molecule has 102 valence electrons. The summed E-state index contributed by atoms with van der Waals surface area (Å²) in [6.45, 7) is 2.38. The Morgan fingerprint density at radius 1 is 1.25 bits per heavy atom. The number of nitrogens with zero attached hydrogens (tertiary/aromatic N) is 2. The topological polar surface area (TPSA) is 48.0 Å². The highest BCUT2D eigenvalue weighted by molar-refractivity contribution is 5.94. The van der Waals surface area contributed by atoms with E-state index in [9.17, 15) is 4.79 Å². The maximum atomic E-state index is 12.2. The molecule has 0 amide bonds. The molecule has 0 spiro atoms. The summed E-state index contributed by atoms with van der Waals surface area (Å²) in [5.41, 5.74) is 1.93. The molecule has 4 nitrogen and oxygen atoms in total. The average molecular weight is 268 g/mol. The molecular formula is C16H16N2O2. The highest BCUT2D eigenvalue weighted by Gasteiger charge is 2.15. The molecule has 0 saturated heterocycles. The number of fused-ring (bicyclic) bond motifs is 1. The van der Waals surface area contributed by atoms with E-state index in [0.29, 0.717) is 5.76 Å². The minimum absolute atomic E-state index is 0.0319. The molecule has 0 atom stereocenters. The number of carbonyl (C=O) groups excluding carboxylic acids is 1. The Morgan fingerprint density at radius 2 is 2.10 bits per heavy atom. The number of Topliss-reactive ketones (excluding diaryl/α,β-unsaturated/α-hetero) is 1. The number of carbonyl (C=O) groups is 1. The van der Waals surface area contributed by atoms with Crippen molar-refractivity contribution in [1.82, 2.24) is 9.55 Å². The van der Waals surface area contributed by atoms with Crippen LogP contribution in [0.2, 0.25) is 0 Å². The van der Waals surface area contributed by atoms with Crippen LogP contribution in [-0.4, -0.2) is 15.3 Å². The number of furan rings is 1. The summed E-state index contributed by atoms with van der Waals surface area (Å²) in [4.78, 5) is 16.8. The summed E-state index contributed by atoms with van der Waals surface area (Å²) >= 11 is 0. The van der Waals surface area contributed by atoms with Gasteiger partial charge in [-0.2, -0.15) is 0 Å². The molecule has 4 heteroatoms. The van der Waals surface area contributed by atoms with E-state index < -0.39 is 0 Å². The first-order valence-corrected chi connectivity index (χ1v) is 6.80. The molecule has 0 radical (unpaired) electrons. The smallest absolute Gasteiger partial charge is 0.217 e. The van der Waals surface area contributed by atoms with Crippen LogP contribution in [0.15, 0.2) is 47.1 Å². The Labute approximate surface area is 117 Å². The molecule has 0 aliphatic heterocycles. The normalized spacial score (nSPS) is 11.1. The summed E-state index contributed by atoms with van der Waals surface area (Å²) < 4.78 is 7.16. The monoisotopic (exact) mass is 268 g/mol. The molecule has 0 aliphatic carbocycles. The van der Waals surface area contributed by atoms with Gasteiger partial charge in [0.1, 0.15) is 5.82 Å². The van der Waals surface area contributed by atoms with Crippen molar-refractivity contribution < 1.29 is 9.21 Å². The van der Waals surface area contributed by atoms with Gasteiger partial charge in [0, 0.05) is 6.42 Å². The molecule has 1 aromatic carbocycles. The lowest BCUT2D eigenvalue weighted by Gasteiger charge is -2.06. The van der Waals surface area contributed by atoms with Crippen LogP contribution in [0.5, 0.6) is 0 Å². The van der Waals surface area contributed by atoms with E-state index in [1.165, 1.54) is 6.26 Å². The van der Waals surface area contributed by atoms with E-state index in [1.807, 2.05) is 28.8 Å². The van der Waals surface area contributed by atoms with Crippen LogP contribution in [0, 0.1) is 0 Å². The Kier molecular flexibility index (Phi) is 3.37. The van der Waals surface area contributed by atoms with Gasteiger partial charge in [-0.05, 0) is 30.7 Å². The molecule has 2 heterocycles. The van der Waals surface area contributed by atoms with Crippen molar-refractivity contribution in [2.75, 3.05) is 0 Å². The van der Waals surface area contributed by atoms with Gasteiger partial charge in [0.05, 0.1) is 23.8 Å². The zero-order chi connectivity index (χ0) is 13.9. The van der Waals surface area contributed by atoms with Gasteiger partial charge < -0.3 is 8.98 Å². The van der Waals surface area contributed by atoms with Crippen LogP contribution >= 0.6 is 0 Å². The minimum atomic E-state index is -0.0319. The molecule has 2 aromatic heterocycles. The second-order valence-electron chi connectivity index (χ2n) is 4.75. The van der Waals surface area contributed by atoms with Gasteiger partial charge in [-0.15, -0.1) is 0 Å². The number of hydrogen-bond donors (Lipinski definition) is 0. The molecule has 0 saturated carbocycles. The number of hydrogen-bond acceptors (Lipinski definition) is 3. The maximum Gasteiger partial charge on any atom is 0.217 e. The summed E-state index contributed by atoms with van der Waals surface area (Å²) in [5.74, 6) is 1.31. The van der Waals surface area contributed by atoms with Crippen molar-refractivity contribution in [3.8, 4) is 0 Å². The van der Waals surface area contributed by atoms with Crippen LogP contribution in [0.25, 0.3) is 11.0 Å². The second kappa shape index (κ2) is 5.33. The highest BCUT2D eigenvalue weighted by Crippen LogP contribution is 2.18. The number of para-hydroxylation sites is 2. The third kappa shape index (κ3) is 2.25. The van der Waals surface area contributed by atoms with Crippen LogP contribution in [-0.2, 0) is 13.0 Å². The van der Waals surface area contributed by atoms with Gasteiger partial charge in [0.2, 0.25) is 5.78 Å². The number of rotatable bonds is 5. The van der Waals surface area contributed by atoms with Gasteiger partial charge in [-0.25, -0.2) is 4.98 Å². The number of benzene rings is 1. The first kappa shape index (κ1) is 12.7. The Hall–Kier alpha value is -2.36. The fourth-order valence-electron chi connectivity index (χ4n) is 2.38. The Balaban J connectivity index is 2.00. The van der Waals surface area contributed by atoms with Crippen molar-refractivity contribution in [3.05, 3.63) is 54.2 Å². The molecule has 0 bridgehead atoms. The molecule has 3 aromatic rings. The molecular weight excluding hydrogens is 252 g/mol. The lowest BCUT2D eigenvalue weighted by atomic mass is 10.2. The van der Waals surface area contributed by atoms with E-state index in [-0.39, 0.29) is 12.3 Å². The fraction of sp³-hybridized carbons (Fsp3) is 0.250. The average Bonchev–Trinajstić information content (AvgIpc) is 3.08. The van der Waals surface area contributed by atoms with Gasteiger partial charge in [-0.1, -0.05) is 19.1 Å². The van der Waals surface area contributed by atoms with Gasteiger partial charge in [0.25, 0.3) is 0 Å². The summed E-state index contributed by atoms with van der Waals surface area (Å²) in [6.07, 6.45) is 3.38. The van der Waals surface area contributed by atoms with Gasteiger partial charge >= 0.3 is 0 Å². The summed E-state index contributed by atoms with van der Waals surface area (Å²) in [6, 6.07) is 11.3. The van der Waals surface area contributed by atoms with Crippen molar-refractivity contribution in [3.63, 3.8) is 0 Å². The summed E-state index contributed by atoms with van der Waals surface area (Å²) in [7, 11) is 0. The van der Waals surface area contributed by atoms with Crippen LogP contribution < -0.4 is 0 Å². The molecule has 0 unspecified atom stereocenters. The number of ketones is 1. The molecule has 0 fully saturated rings. The zero-order valence-electron chi connectivity index (χ0n) is 11.4. The van der Waals surface area contributed by atoms with Crippen LogP contribution in [0.3, 0.4) is 0 Å². The largest absolute Gasteiger partial charge is 0.461 e. The molecule has 20 heavy (non-hydrogen) atoms. The lowest BCUT2D eigenvalue weighted by molar-refractivity contribution is 0.0945. The quantitative estimate of drug-likeness (QED) is 0.666.